The van der Waals surface area contributed by atoms with Crippen LogP contribution >= 0.6 is 0 Å². The molecule has 228 valence electrons. The van der Waals surface area contributed by atoms with Crippen LogP contribution in [-0.4, -0.2) is 0 Å². The molecule has 0 atom stereocenters. The summed E-state index contributed by atoms with van der Waals surface area (Å²) in [5.41, 5.74) is 13.0. The quantitative estimate of drug-likeness (QED) is 0.179. The number of hydrogen-bond acceptors (Lipinski definition) is 2. The smallest absolute Gasteiger partial charge is 0.0546 e. The van der Waals surface area contributed by atoms with E-state index >= 15 is 0 Å². The van der Waals surface area contributed by atoms with Gasteiger partial charge in [-0.15, -0.1) is 0 Å². The molecule has 2 heteroatoms. The first kappa shape index (κ1) is 27.3. The molecule has 0 N–H and O–H groups in total. The summed E-state index contributed by atoms with van der Waals surface area (Å²) in [4.78, 5) is 5.07. The van der Waals surface area contributed by atoms with Gasteiger partial charge in [-0.1, -0.05) is 121 Å². The van der Waals surface area contributed by atoms with Gasteiger partial charge in [-0.2, -0.15) is 0 Å². The van der Waals surface area contributed by atoms with E-state index in [0.717, 1.165) is 25.7 Å². The van der Waals surface area contributed by atoms with Crippen LogP contribution in [0.4, 0.5) is 34.1 Å². The van der Waals surface area contributed by atoms with Gasteiger partial charge in [0.1, 0.15) is 0 Å². The van der Waals surface area contributed by atoms with E-state index in [0.29, 0.717) is 0 Å². The van der Waals surface area contributed by atoms with E-state index in [9.17, 15) is 0 Å². The van der Waals surface area contributed by atoms with Crippen molar-refractivity contribution in [2.45, 2.75) is 25.7 Å². The molecule has 2 aliphatic heterocycles. The number of rotatable bonds is 2. The summed E-state index contributed by atoms with van der Waals surface area (Å²) in [6, 6.07) is 58.8. The molecule has 2 nitrogen and oxygen atoms in total. The maximum Gasteiger partial charge on any atom is 0.0546 e. The van der Waals surface area contributed by atoms with Crippen molar-refractivity contribution in [2.75, 3.05) is 9.80 Å². The van der Waals surface area contributed by atoms with Gasteiger partial charge < -0.3 is 9.80 Å². The Hall–Kier alpha value is -5.86. The molecule has 0 fully saturated rings. The molecule has 0 unspecified atom stereocenters. The molecule has 0 aromatic heterocycles. The summed E-state index contributed by atoms with van der Waals surface area (Å²) in [5, 5.41) is 7.64. The second kappa shape index (κ2) is 10.9. The van der Waals surface area contributed by atoms with E-state index in [4.69, 9.17) is 0 Å². The van der Waals surface area contributed by atoms with E-state index in [1.807, 2.05) is 0 Å². The standard InChI is InChI=1S/C46H34N2/c1-9-21-40-31(13-1)25-26-32-14-2-10-22-41(32)47(40)44-29-35-30-45(37-18-6-8-20-39(37)46(35)38-19-7-5-17-36(38)44)48-42-23-11-3-15-33(42)27-28-34-16-4-12-24-43(34)48/h1-24,29-30H,25-28H2. The fraction of sp³-hybridized carbons (Fsp3) is 0.0870. The number of hydrogen-bond donors (Lipinski definition) is 0. The molecular formula is C46H34N2. The van der Waals surface area contributed by atoms with Crippen LogP contribution in [0.25, 0.3) is 32.3 Å². The van der Waals surface area contributed by atoms with E-state index < -0.39 is 0 Å². The first-order valence-corrected chi connectivity index (χ1v) is 17.1. The third kappa shape index (κ3) is 4.12. The zero-order valence-corrected chi connectivity index (χ0v) is 26.7. The molecule has 0 radical (unpaired) electrons. The second-order valence-corrected chi connectivity index (χ2v) is 13.2. The monoisotopic (exact) mass is 614 g/mol. The van der Waals surface area contributed by atoms with Gasteiger partial charge in [-0.25, -0.2) is 0 Å². The number of benzene rings is 8. The van der Waals surface area contributed by atoms with Gasteiger partial charge in [0.05, 0.1) is 11.4 Å². The molecule has 2 aliphatic rings. The molecule has 0 amide bonds. The second-order valence-electron chi connectivity index (χ2n) is 13.2. The zero-order chi connectivity index (χ0) is 31.6. The Balaban J connectivity index is 1.33. The van der Waals surface area contributed by atoms with Crippen molar-refractivity contribution in [3.05, 3.63) is 180 Å². The molecular weight excluding hydrogens is 581 g/mol. The van der Waals surface area contributed by atoms with Crippen LogP contribution in [0.15, 0.2) is 158 Å². The topological polar surface area (TPSA) is 6.48 Å². The summed E-state index contributed by atoms with van der Waals surface area (Å²) in [6.45, 7) is 0. The lowest BCUT2D eigenvalue weighted by molar-refractivity contribution is 0.977. The third-order valence-corrected chi connectivity index (χ3v) is 10.6. The van der Waals surface area contributed by atoms with Crippen molar-refractivity contribution in [1.29, 1.82) is 0 Å². The molecule has 8 aromatic rings. The van der Waals surface area contributed by atoms with Crippen molar-refractivity contribution < 1.29 is 0 Å². The van der Waals surface area contributed by atoms with Gasteiger partial charge in [0.15, 0.2) is 0 Å². The fourth-order valence-electron chi connectivity index (χ4n) is 8.39. The Morgan fingerprint density at radius 3 is 0.938 bits per heavy atom. The highest BCUT2D eigenvalue weighted by Gasteiger charge is 2.27. The van der Waals surface area contributed by atoms with Gasteiger partial charge in [-0.3, -0.25) is 0 Å². The minimum Gasteiger partial charge on any atom is -0.309 e. The number of para-hydroxylation sites is 4. The summed E-state index contributed by atoms with van der Waals surface area (Å²) in [6.07, 6.45) is 4.10. The van der Waals surface area contributed by atoms with Gasteiger partial charge in [0, 0.05) is 33.5 Å². The largest absolute Gasteiger partial charge is 0.309 e. The molecule has 0 aliphatic carbocycles. The van der Waals surface area contributed by atoms with E-state index in [1.54, 1.807) is 0 Å². The minimum atomic E-state index is 1.03. The van der Waals surface area contributed by atoms with Crippen LogP contribution in [0.5, 0.6) is 0 Å². The summed E-state index contributed by atoms with van der Waals surface area (Å²) in [5.74, 6) is 0. The average molecular weight is 615 g/mol. The molecule has 48 heavy (non-hydrogen) atoms. The summed E-state index contributed by atoms with van der Waals surface area (Å²) >= 11 is 0. The predicted molar refractivity (Wildman–Crippen MR) is 203 cm³/mol. The van der Waals surface area contributed by atoms with E-state index in [1.165, 1.54) is 88.7 Å². The predicted octanol–water partition coefficient (Wildman–Crippen LogP) is 12.3. The van der Waals surface area contributed by atoms with Crippen LogP contribution in [0, 0.1) is 0 Å². The normalized spacial score (nSPS) is 13.8. The molecule has 0 bridgehead atoms. The van der Waals surface area contributed by atoms with Crippen LogP contribution in [0.1, 0.15) is 22.3 Å². The number of nitrogens with zero attached hydrogens (tertiary/aromatic N) is 2. The fourth-order valence-corrected chi connectivity index (χ4v) is 8.39. The molecule has 0 saturated carbocycles. The van der Waals surface area contributed by atoms with Gasteiger partial charge in [0.25, 0.3) is 0 Å². The van der Waals surface area contributed by atoms with Crippen LogP contribution in [0.2, 0.25) is 0 Å². The highest BCUT2D eigenvalue weighted by molar-refractivity contribution is 6.26. The van der Waals surface area contributed by atoms with Crippen LogP contribution in [0.3, 0.4) is 0 Å². The van der Waals surface area contributed by atoms with Crippen molar-refractivity contribution in [3.63, 3.8) is 0 Å². The SMILES string of the molecule is c1ccc2c(c1)CCc1ccccc1N2c1cc2cc(N3c4ccccc4CCc4ccccc43)c3ccccc3c2c2ccccc12. The summed E-state index contributed by atoms with van der Waals surface area (Å²) < 4.78 is 0. The van der Waals surface area contributed by atoms with Crippen molar-refractivity contribution >= 4 is 66.4 Å². The Bertz CT molecular complexity index is 2280. The molecule has 8 aromatic carbocycles. The highest BCUT2D eigenvalue weighted by atomic mass is 15.2. The number of aryl methyl sites for hydroxylation is 4. The lowest BCUT2D eigenvalue weighted by Gasteiger charge is -2.31. The zero-order valence-electron chi connectivity index (χ0n) is 26.7. The highest BCUT2D eigenvalue weighted by Crippen LogP contribution is 2.50. The lowest BCUT2D eigenvalue weighted by atomic mass is 9.92. The summed E-state index contributed by atoms with van der Waals surface area (Å²) in [7, 11) is 0. The first-order valence-electron chi connectivity index (χ1n) is 17.1. The number of anilines is 6. The molecule has 0 spiro atoms. The van der Waals surface area contributed by atoms with Crippen molar-refractivity contribution in [2.24, 2.45) is 0 Å². The van der Waals surface area contributed by atoms with Crippen LogP contribution in [-0.2, 0) is 25.7 Å². The van der Waals surface area contributed by atoms with E-state index in [2.05, 4.69) is 168 Å². The van der Waals surface area contributed by atoms with Crippen molar-refractivity contribution in [1.82, 2.24) is 0 Å². The molecule has 10 rings (SSSR count). The van der Waals surface area contributed by atoms with E-state index in [-0.39, 0.29) is 0 Å². The Morgan fingerprint density at radius 1 is 0.292 bits per heavy atom. The third-order valence-electron chi connectivity index (χ3n) is 10.6. The van der Waals surface area contributed by atoms with Gasteiger partial charge >= 0.3 is 0 Å². The molecule has 2 heterocycles. The minimum absolute atomic E-state index is 1.03. The first-order chi connectivity index (χ1) is 23.8. The maximum absolute atomic E-state index is 2.53. The lowest BCUT2D eigenvalue weighted by Crippen LogP contribution is -2.13. The van der Waals surface area contributed by atoms with Crippen LogP contribution < -0.4 is 9.80 Å². The van der Waals surface area contributed by atoms with Crippen molar-refractivity contribution in [3.8, 4) is 0 Å². The van der Waals surface area contributed by atoms with Gasteiger partial charge in [-0.05, 0) is 106 Å². The maximum atomic E-state index is 2.53. The Labute approximate surface area is 281 Å². The molecule has 0 saturated heterocycles. The Morgan fingerprint density at radius 2 is 0.583 bits per heavy atom. The van der Waals surface area contributed by atoms with Gasteiger partial charge in [0.2, 0.25) is 0 Å². The number of fused-ring (bicyclic) bond motifs is 9. The Kier molecular flexibility index (Phi) is 6.17. The average Bonchev–Trinajstić information content (AvgIpc) is 3.42.